The molecule has 1 N–H and O–H groups in total. The fourth-order valence-electron chi connectivity index (χ4n) is 1.56. The van der Waals surface area contributed by atoms with Crippen LogP contribution in [-0.2, 0) is 4.79 Å². The van der Waals surface area contributed by atoms with Gasteiger partial charge in [0.1, 0.15) is 0 Å². The highest BCUT2D eigenvalue weighted by molar-refractivity contribution is 9.11. The molecule has 1 aliphatic carbocycles. The zero-order valence-electron chi connectivity index (χ0n) is 7.08. The van der Waals surface area contributed by atoms with Gasteiger partial charge in [-0.05, 0) is 43.8 Å². The van der Waals surface area contributed by atoms with Crippen LogP contribution in [0.15, 0.2) is 21.3 Å². The fourth-order valence-corrected chi connectivity index (χ4v) is 3.08. The minimum atomic E-state index is -0.717. The molecular formula is C9H7Br2NO2. The normalized spacial score (nSPS) is 24.7. The average Bonchev–Trinajstić information content (AvgIpc) is 2.83. The Morgan fingerprint density at radius 3 is 2.43 bits per heavy atom. The van der Waals surface area contributed by atoms with E-state index in [9.17, 15) is 4.79 Å². The standard InChI is InChI=1S/C9H7Br2NO2/c10-6-2-12-3-7(11)8(6)4-1-5(4)9(13)14/h2-5H,1H2,(H,13,14). The second-order valence-electron chi connectivity index (χ2n) is 3.30. The van der Waals surface area contributed by atoms with Crippen LogP contribution in [0.3, 0.4) is 0 Å². The van der Waals surface area contributed by atoms with Crippen molar-refractivity contribution >= 4 is 37.8 Å². The Balaban J connectivity index is 2.31. The Labute approximate surface area is 97.8 Å². The number of pyridine rings is 1. The summed E-state index contributed by atoms with van der Waals surface area (Å²) in [7, 11) is 0. The van der Waals surface area contributed by atoms with E-state index in [-0.39, 0.29) is 11.8 Å². The zero-order chi connectivity index (χ0) is 10.3. The molecule has 0 aromatic carbocycles. The summed E-state index contributed by atoms with van der Waals surface area (Å²) in [6.07, 6.45) is 4.10. The third-order valence-corrected chi connectivity index (χ3v) is 3.63. The first-order chi connectivity index (χ1) is 6.61. The molecule has 5 heteroatoms. The highest BCUT2D eigenvalue weighted by atomic mass is 79.9. The number of hydrogen-bond donors (Lipinski definition) is 1. The monoisotopic (exact) mass is 319 g/mol. The summed E-state index contributed by atoms with van der Waals surface area (Å²) in [6, 6.07) is 0. The molecule has 2 rings (SSSR count). The quantitative estimate of drug-likeness (QED) is 0.911. The summed E-state index contributed by atoms with van der Waals surface area (Å²) in [5.74, 6) is -0.824. The molecule has 14 heavy (non-hydrogen) atoms. The molecule has 1 saturated carbocycles. The maximum absolute atomic E-state index is 10.7. The van der Waals surface area contributed by atoms with Gasteiger partial charge in [-0.15, -0.1) is 0 Å². The van der Waals surface area contributed by atoms with Crippen LogP contribution in [0.1, 0.15) is 17.9 Å². The summed E-state index contributed by atoms with van der Waals surface area (Å²) in [5, 5.41) is 8.82. The third-order valence-electron chi connectivity index (χ3n) is 2.37. The first-order valence-electron chi connectivity index (χ1n) is 4.13. The lowest BCUT2D eigenvalue weighted by atomic mass is 10.1. The van der Waals surface area contributed by atoms with Gasteiger partial charge in [0.05, 0.1) is 5.92 Å². The van der Waals surface area contributed by atoms with E-state index in [0.717, 1.165) is 20.9 Å². The van der Waals surface area contributed by atoms with Gasteiger partial charge >= 0.3 is 5.97 Å². The minimum absolute atomic E-state index is 0.124. The van der Waals surface area contributed by atoms with Crippen LogP contribution in [0.4, 0.5) is 0 Å². The summed E-state index contributed by atoms with van der Waals surface area (Å²) in [5.41, 5.74) is 1.02. The van der Waals surface area contributed by atoms with Crippen molar-refractivity contribution in [2.75, 3.05) is 0 Å². The fraction of sp³-hybridized carbons (Fsp3) is 0.333. The smallest absolute Gasteiger partial charge is 0.307 e. The van der Waals surface area contributed by atoms with E-state index in [0.29, 0.717) is 0 Å². The second-order valence-corrected chi connectivity index (χ2v) is 5.01. The van der Waals surface area contributed by atoms with Crippen molar-refractivity contribution in [3.8, 4) is 0 Å². The summed E-state index contributed by atoms with van der Waals surface area (Å²) >= 11 is 6.76. The summed E-state index contributed by atoms with van der Waals surface area (Å²) in [4.78, 5) is 14.7. The third kappa shape index (κ3) is 1.70. The van der Waals surface area contributed by atoms with Crippen LogP contribution in [0, 0.1) is 5.92 Å². The maximum Gasteiger partial charge on any atom is 0.307 e. The Kier molecular flexibility index (Phi) is 2.62. The average molecular weight is 321 g/mol. The van der Waals surface area contributed by atoms with E-state index in [1.54, 1.807) is 12.4 Å². The number of nitrogens with zero attached hydrogens (tertiary/aromatic N) is 1. The van der Waals surface area contributed by atoms with Crippen molar-refractivity contribution in [2.24, 2.45) is 5.92 Å². The molecule has 1 heterocycles. The van der Waals surface area contributed by atoms with Gasteiger partial charge in [-0.3, -0.25) is 9.78 Å². The predicted molar refractivity (Wildman–Crippen MR) is 58.1 cm³/mol. The van der Waals surface area contributed by atoms with Gasteiger partial charge in [0.2, 0.25) is 0 Å². The Bertz CT molecular complexity index is 374. The molecule has 1 aromatic rings. The van der Waals surface area contributed by atoms with Crippen LogP contribution in [0.5, 0.6) is 0 Å². The Morgan fingerprint density at radius 1 is 1.43 bits per heavy atom. The maximum atomic E-state index is 10.7. The number of carboxylic acids is 1. The Hall–Kier alpha value is -0.420. The van der Waals surface area contributed by atoms with Crippen molar-refractivity contribution in [2.45, 2.75) is 12.3 Å². The van der Waals surface area contributed by atoms with E-state index in [1.165, 1.54) is 0 Å². The van der Waals surface area contributed by atoms with Crippen molar-refractivity contribution < 1.29 is 9.90 Å². The minimum Gasteiger partial charge on any atom is -0.481 e. The molecule has 1 fully saturated rings. The van der Waals surface area contributed by atoms with E-state index >= 15 is 0 Å². The lowest BCUT2D eigenvalue weighted by Crippen LogP contribution is -1.99. The second kappa shape index (κ2) is 3.62. The predicted octanol–water partition coefficient (Wildman–Crippen LogP) is 2.79. The molecule has 74 valence electrons. The van der Waals surface area contributed by atoms with E-state index in [1.807, 2.05) is 0 Å². The van der Waals surface area contributed by atoms with Crippen LogP contribution >= 0.6 is 31.9 Å². The molecule has 1 aliphatic rings. The zero-order valence-corrected chi connectivity index (χ0v) is 10.2. The van der Waals surface area contributed by atoms with Crippen molar-refractivity contribution in [1.82, 2.24) is 4.98 Å². The number of hydrogen-bond acceptors (Lipinski definition) is 2. The highest BCUT2D eigenvalue weighted by Crippen LogP contribution is 2.51. The van der Waals surface area contributed by atoms with Gasteiger partial charge in [0.25, 0.3) is 0 Å². The molecular weight excluding hydrogens is 314 g/mol. The SMILES string of the molecule is O=C(O)C1CC1c1c(Br)cncc1Br. The number of rotatable bonds is 2. The van der Waals surface area contributed by atoms with Gasteiger partial charge in [-0.1, -0.05) is 0 Å². The highest BCUT2D eigenvalue weighted by Gasteiger charge is 2.45. The van der Waals surface area contributed by atoms with Crippen molar-refractivity contribution in [3.63, 3.8) is 0 Å². The first-order valence-corrected chi connectivity index (χ1v) is 5.71. The molecule has 0 bridgehead atoms. The van der Waals surface area contributed by atoms with Crippen molar-refractivity contribution in [3.05, 3.63) is 26.9 Å². The van der Waals surface area contributed by atoms with E-state index in [2.05, 4.69) is 36.8 Å². The molecule has 0 amide bonds. The van der Waals surface area contributed by atoms with Gasteiger partial charge in [0, 0.05) is 27.3 Å². The molecule has 0 radical (unpaired) electrons. The van der Waals surface area contributed by atoms with Crippen LogP contribution in [-0.4, -0.2) is 16.1 Å². The van der Waals surface area contributed by atoms with E-state index in [4.69, 9.17) is 5.11 Å². The number of halogens is 2. The van der Waals surface area contributed by atoms with Crippen molar-refractivity contribution in [1.29, 1.82) is 0 Å². The van der Waals surface area contributed by atoms with Crippen LogP contribution in [0.25, 0.3) is 0 Å². The molecule has 2 unspecified atom stereocenters. The lowest BCUT2D eigenvalue weighted by Gasteiger charge is -2.04. The van der Waals surface area contributed by atoms with Gasteiger partial charge in [-0.2, -0.15) is 0 Å². The van der Waals surface area contributed by atoms with Crippen LogP contribution in [0.2, 0.25) is 0 Å². The largest absolute Gasteiger partial charge is 0.481 e. The number of carboxylic acid groups (broad SMARTS) is 1. The Morgan fingerprint density at radius 2 is 2.00 bits per heavy atom. The number of carbonyl (C=O) groups is 1. The molecule has 0 saturated heterocycles. The molecule has 3 nitrogen and oxygen atoms in total. The lowest BCUT2D eigenvalue weighted by molar-refractivity contribution is -0.138. The van der Waals surface area contributed by atoms with Gasteiger partial charge in [0.15, 0.2) is 0 Å². The summed E-state index contributed by atoms with van der Waals surface area (Å²) < 4.78 is 1.75. The summed E-state index contributed by atoms with van der Waals surface area (Å²) in [6.45, 7) is 0. The van der Waals surface area contributed by atoms with Gasteiger partial charge in [-0.25, -0.2) is 0 Å². The van der Waals surface area contributed by atoms with Crippen LogP contribution < -0.4 is 0 Å². The van der Waals surface area contributed by atoms with Gasteiger partial charge < -0.3 is 5.11 Å². The molecule has 0 aliphatic heterocycles. The van der Waals surface area contributed by atoms with E-state index < -0.39 is 5.97 Å². The number of aliphatic carboxylic acids is 1. The molecule has 0 spiro atoms. The topological polar surface area (TPSA) is 50.2 Å². The molecule has 2 atom stereocenters. The molecule has 1 aromatic heterocycles. The first kappa shape index (κ1) is 10.1. The number of aromatic nitrogens is 1.